The number of amides is 1. The number of hydrogen-bond donors (Lipinski definition) is 1. The van der Waals surface area contributed by atoms with Gasteiger partial charge in [0.1, 0.15) is 5.75 Å². The molecule has 0 radical (unpaired) electrons. The number of phenolic OH excluding ortho intramolecular Hbond substituents is 1. The molecule has 0 bridgehead atoms. The fourth-order valence-corrected chi connectivity index (χ4v) is 5.83. The van der Waals surface area contributed by atoms with E-state index in [0.29, 0.717) is 30.8 Å². The van der Waals surface area contributed by atoms with Gasteiger partial charge in [0.2, 0.25) is 0 Å². The van der Waals surface area contributed by atoms with Gasteiger partial charge in [-0.2, -0.15) is 0 Å². The minimum Gasteiger partial charge on any atom is -0.508 e. The van der Waals surface area contributed by atoms with Gasteiger partial charge in [0.15, 0.2) is 9.84 Å². The summed E-state index contributed by atoms with van der Waals surface area (Å²) >= 11 is 0. The van der Waals surface area contributed by atoms with Crippen LogP contribution in [0.4, 0.5) is 0 Å². The maximum atomic E-state index is 13.1. The van der Waals surface area contributed by atoms with Crippen molar-refractivity contribution in [3.8, 4) is 5.75 Å². The van der Waals surface area contributed by atoms with E-state index < -0.39 is 9.84 Å². The van der Waals surface area contributed by atoms with E-state index in [-0.39, 0.29) is 35.2 Å². The predicted molar refractivity (Wildman–Crippen MR) is 101 cm³/mol. The Morgan fingerprint density at radius 2 is 1.92 bits per heavy atom. The first-order chi connectivity index (χ1) is 12.2. The molecular formula is C19H26N2O4S. The number of hydrogen-bond acceptors (Lipinski definition) is 5. The molecule has 2 heterocycles. The van der Waals surface area contributed by atoms with Crippen LogP contribution in [0.1, 0.15) is 29.8 Å². The summed E-state index contributed by atoms with van der Waals surface area (Å²) < 4.78 is 24.6. The zero-order valence-corrected chi connectivity index (χ0v) is 16.3. The largest absolute Gasteiger partial charge is 0.508 e. The summed E-state index contributed by atoms with van der Waals surface area (Å²) in [7, 11) is -3.17. The van der Waals surface area contributed by atoms with Crippen molar-refractivity contribution in [1.82, 2.24) is 9.80 Å². The maximum Gasteiger partial charge on any atom is 0.254 e. The molecule has 2 fully saturated rings. The highest BCUT2D eigenvalue weighted by atomic mass is 32.2. The number of phenols is 1. The number of aromatic hydroxyl groups is 1. The van der Waals surface area contributed by atoms with Gasteiger partial charge in [0.05, 0.1) is 17.5 Å². The van der Waals surface area contributed by atoms with Crippen molar-refractivity contribution in [3.63, 3.8) is 0 Å². The minimum absolute atomic E-state index is 0.00654. The highest BCUT2D eigenvalue weighted by Gasteiger charge is 2.47. The van der Waals surface area contributed by atoms with Crippen LogP contribution in [-0.2, 0) is 9.84 Å². The van der Waals surface area contributed by atoms with E-state index in [1.54, 1.807) is 30.0 Å². The number of sulfone groups is 1. The lowest BCUT2D eigenvalue weighted by Gasteiger charge is -2.43. The first-order valence-electron chi connectivity index (χ1n) is 8.87. The van der Waals surface area contributed by atoms with E-state index >= 15 is 0 Å². The molecule has 26 heavy (non-hydrogen) atoms. The Balaban J connectivity index is 1.89. The molecular weight excluding hydrogens is 352 g/mol. The van der Waals surface area contributed by atoms with Crippen molar-refractivity contribution in [2.24, 2.45) is 0 Å². The van der Waals surface area contributed by atoms with Gasteiger partial charge in [0, 0.05) is 36.8 Å². The highest BCUT2D eigenvalue weighted by molar-refractivity contribution is 7.91. The first-order valence-corrected chi connectivity index (χ1v) is 10.7. The molecule has 2 saturated heterocycles. The number of rotatable bonds is 3. The average molecular weight is 378 g/mol. The third kappa shape index (κ3) is 3.64. The molecule has 6 nitrogen and oxygen atoms in total. The van der Waals surface area contributed by atoms with Gasteiger partial charge in [-0.05, 0) is 32.9 Å². The fraction of sp³-hybridized carbons (Fsp3) is 0.526. The predicted octanol–water partition coefficient (Wildman–Crippen LogP) is 1.59. The minimum atomic E-state index is -3.17. The van der Waals surface area contributed by atoms with Gasteiger partial charge in [-0.1, -0.05) is 17.7 Å². The van der Waals surface area contributed by atoms with E-state index in [0.717, 1.165) is 0 Å². The molecule has 0 spiro atoms. The second-order valence-electron chi connectivity index (χ2n) is 7.44. The smallest absolute Gasteiger partial charge is 0.254 e. The van der Waals surface area contributed by atoms with Crippen LogP contribution in [0.3, 0.4) is 0 Å². The van der Waals surface area contributed by atoms with Crippen LogP contribution in [0, 0.1) is 6.92 Å². The summed E-state index contributed by atoms with van der Waals surface area (Å²) in [5, 5.41) is 9.90. The van der Waals surface area contributed by atoms with Crippen molar-refractivity contribution in [2.75, 3.05) is 31.1 Å². The van der Waals surface area contributed by atoms with Crippen molar-refractivity contribution in [3.05, 3.63) is 41.0 Å². The number of carbonyl (C=O) groups is 1. The Morgan fingerprint density at radius 3 is 2.62 bits per heavy atom. The number of benzene rings is 1. The standard InChI is InChI=1S/C19H26N2O4S/c1-13(2)7-8-20-9-10-21(17-12-26(24,25)11-16(17)20)19(23)15-5-4-6-18(22)14(15)3/h4-7,16-17,22H,8-12H2,1-3H3. The second-order valence-corrected chi connectivity index (χ2v) is 9.59. The van der Waals surface area contributed by atoms with Crippen molar-refractivity contribution in [2.45, 2.75) is 32.9 Å². The number of piperazine rings is 1. The lowest BCUT2D eigenvalue weighted by Crippen LogP contribution is -2.60. The third-order valence-corrected chi connectivity index (χ3v) is 7.02. The van der Waals surface area contributed by atoms with Crippen LogP contribution in [0.15, 0.2) is 29.8 Å². The Morgan fingerprint density at radius 1 is 1.23 bits per heavy atom. The Hall–Kier alpha value is -1.86. The zero-order chi connectivity index (χ0) is 19.1. The molecule has 2 unspecified atom stereocenters. The molecule has 2 aliphatic rings. The lowest BCUT2D eigenvalue weighted by molar-refractivity contribution is 0.0367. The number of fused-ring (bicyclic) bond motifs is 1. The molecule has 0 aliphatic carbocycles. The molecule has 0 saturated carbocycles. The summed E-state index contributed by atoms with van der Waals surface area (Å²) in [6.45, 7) is 7.58. The van der Waals surface area contributed by atoms with E-state index in [2.05, 4.69) is 11.0 Å². The fourth-order valence-electron chi connectivity index (χ4n) is 3.81. The molecule has 1 amide bonds. The Labute approximate surface area is 155 Å². The van der Waals surface area contributed by atoms with Gasteiger partial charge in [-0.25, -0.2) is 8.42 Å². The summed E-state index contributed by atoms with van der Waals surface area (Å²) in [5.74, 6) is -0.0232. The normalized spacial score (nSPS) is 25.0. The van der Waals surface area contributed by atoms with Crippen LogP contribution in [-0.4, -0.2) is 72.5 Å². The average Bonchev–Trinajstić information content (AvgIpc) is 2.89. The molecule has 7 heteroatoms. The summed E-state index contributed by atoms with van der Waals surface area (Å²) in [6, 6.07) is 4.36. The molecule has 2 atom stereocenters. The topological polar surface area (TPSA) is 77.9 Å². The van der Waals surface area contributed by atoms with Crippen LogP contribution in [0.2, 0.25) is 0 Å². The van der Waals surface area contributed by atoms with Crippen LogP contribution in [0.25, 0.3) is 0 Å². The van der Waals surface area contributed by atoms with Gasteiger partial charge in [-0.15, -0.1) is 0 Å². The number of carbonyl (C=O) groups excluding carboxylic acids is 1. The van der Waals surface area contributed by atoms with Gasteiger partial charge in [-0.3, -0.25) is 9.69 Å². The Bertz CT molecular complexity index is 843. The Kier molecular flexibility index (Phi) is 5.12. The molecule has 2 aliphatic heterocycles. The molecule has 142 valence electrons. The summed E-state index contributed by atoms with van der Waals surface area (Å²) in [6.07, 6.45) is 2.10. The summed E-state index contributed by atoms with van der Waals surface area (Å²) in [5.41, 5.74) is 2.16. The number of nitrogens with zero attached hydrogens (tertiary/aromatic N) is 2. The highest BCUT2D eigenvalue weighted by Crippen LogP contribution is 2.30. The van der Waals surface area contributed by atoms with Crippen LogP contribution in [0.5, 0.6) is 5.75 Å². The van der Waals surface area contributed by atoms with Crippen molar-refractivity contribution in [1.29, 1.82) is 0 Å². The van der Waals surface area contributed by atoms with Crippen LogP contribution < -0.4 is 0 Å². The van der Waals surface area contributed by atoms with E-state index in [1.165, 1.54) is 5.57 Å². The SMILES string of the molecule is CC(C)=CCN1CCN(C(=O)c2cccc(O)c2C)C2CS(=O)(=O)CC21. The molecule has 0 aromatic heterocycles. The van der Waals surface area contributed by atoms with Crippen LogP contribution >= 0.6 is 0 Å². The number of allylic oxidation sites excluding steroid dienone is 1. The molecule has 1 N–H and O–H groups in total. The van der Waals surface area contributed by atoms with E-state index in [1.807, 2.05) is 13.8 Å². The van der Waals surface area contributed by atoms with Gasteiger partial charge in [0.25, 0.3) is 5.91 Å². The molecule has 1 aromatic carbocycles. The van der Waals surface area contributed by atoms with E-state index in [4.69, 9.17) is 0 Å². The monoisotopic (exact) mass is 378 g/mol. The molecule has 1 aromatic rings. The van der Waals surface area contributed by atoms with Crippen molar-refractivity contribution < 1.29 is 18.3 Å². The van der Waals surface area contributed by atoms with Gasteiger partial charge < -0.3 is 10.0 Å². The maximum absolute atomic E-state index is 13.1. The van der Waals surface area contributed by atoms with Gasteiger partial charge >= 0.3 is 0 Å². The quantitative estimate of drug-likeness (QED) is 0.808. The second kappa shape index (κ2) is 7.04. The lowest BCUT2D eigenvalue weighted by atomic mass is 10.0. The first kappa shape index (κ1) is 18.9. The zero-order valence-electron chi connectivity index (χ0n) is 15.5. The third-order valence-electron chi connectivity index (χ3n) is 5.32. The van der Waals surface area contributed by atoms with Crippen molar-refractivity contribution >= 4 is 15.7 Å². The molecule has 3 rings (SSSR count). The van der Waals surface area contributed by atoms with E-state index in [9.17, 15) is 18.3 Å². The summed E-state index contributed by atoms with van der Waals surface area (Å²) in [4.78, 5) is 16.9.